The maximum atomic E-state index is 12.4. The second kappa shape index (κ2) is 18.6. The number of carbonyl (C=O) groups excluding carboxylic acids is 1. The monoisotopic (exact) mass is 984 g/mol. The van der Waals surface area contributed by atoms with E-state index in [1.54, 1.807) is 24.7 Å². The molecule has 6 aromatic heterocycles. The number of nitrogens with two attached hydrogens (primary N) is 3. The number of nitrogen functional groups attached to an aromatic ring is 3. The number of carboxylic acids is 2. The van der Waals surface area contributed by atoms with Crippen molar-refractivity contribution in [1.82, 2.24) is 64.1 Å². The molecule has 0 spiro atoms. The molecule has 0 radical (unpaired) electrons. The van der Waals surface area contributed by atoms with Gasteiger partial charge in [0.25, 0.3) is 11.5 Å². The van der Waals surface area contributed by atoms with Crippen molar-refractivity contribution < 1.29 is 45.7 Å². The largest absolute Gasteiger partial charge is 0.481 e. The van der Waals surface area contributed by atoms with Gasteiger partial charge in [-0.2, -0.15) is 15.0 Å². The van der Waals surface area contributed by atoms with Crippen molar-refractivity contribution >= 4 is 99.8 Å². The molecule has 7 rings (SSSR count). The SMILES string of the molecule is CN(Cc1cnc2nc(N)nc(N)c2n1)c1ccc(C(=O)N[C@@H](CCC(=O)O)C(=O)O)cc1.Nc1nc2c(ncn2S)c(=O)[nH]1.S=c1[nH]cnc2nc[nH]c12.[Pt]. The molecule has 6 heterocycles. The minimum Gasteiger partial charge on any atom is -0.481 e. The molecule has 0 saturated heterocycles. The van der Waals surface area contributed by atoms with Gasteiger partial charge >= 0.3 is 11.9 Å². The number of carboxylic acid groups (broad SMARTS) is 2. The Morgan fingerprint density at radius 1 is 0.964 bits per heavy atom. The van der Waals surface area contributed by atoms with E-state index in [1.165, 1.54) is 28.8 Å². The van der Waals surface area contributed by atoms with Gasteiger partial charge in [-0.15, -0.1) is 0 Å². The third-order valence-electron chi connectivity index (χ3n) is 7.36. The van der Waals surface area contributed by atoms with E-state index in [0.29, 0.717) is 39.3 Å². The molecule has 1 amide bonds. The molecule has 23 nitrogen and oxygen atoms in total. The maximum absolute atomic E-state index is 12.4. The van der Waals surface area contributed by atoms with E-state index in [4.69, 9.17) is 34.5 Å². The number of H-pyrrole nitrogens is 3. The molecule has 1 aromatic carbocycles. The van der Waals surface area contributed by atoms with Gasteiger partial charge in [-0.3, -0.25) is 23.3 Å². The summed E-state index contributed by atoms with van der Waals surface area (Å²) in [4.78, 5) is 87.3. The van der Waals surface area contributed by atoms with E-state index in [9.17, 15) is 24.3 Å². The fraction of sp³-hybridized carbons (Fsp3) is 0.167. The van der Waals surface area contributed by atoms with Crippen LogP contribution in [0.1, 0.15) is 28.9 Å². The van der Waals surface area contributed by atoms with Crippen LogP contribution < -0.4 is 33.0 Å². The van der Waals surface area contributed by atoms with Crippen LogP contribution in [-0.2, 0) is 37.2 Å². The molecule has 0 aliphatic carbocycles. The minimum absolute atomic E-state index is 0. The summed E-state index contributed by atoms with van der Waals surface area (Å²) in [5, 5.41) is 20.2. The van der Waals surface area contributed by atoms with Crippen LogP contribution in [0.2, 0.25) is 0 Å². The Morgan fingerprint density at radius 3 is 2.32 bits per heavy atom. The van der Waals surface area contributed by atoms with Crippen molar-refractivity contribution in [3.8, 4) is 0 Å². The summed E-state index contributed by atoms with van der Waals surface area (Å²) in [5.74, 6) is -2.85. The summed E-state index contributed by atoms with van der Waals surface area (Å²) in [6, 6.07) is 5.16. The average Bonchev–Trinajstić information content (AvgIpc) is 3.78. The van der Waals surface area contributed by atoms with Gasteiger partial charge in [0.2, 0.25) is 11.9 Å². The number of nitrogens with one attached hydrogen (secondary N) is 4. The molecule has 56 heavy (non-hydrogen) atoms. The fourth-order valence-electron chi connectivity index (χ4n) is 4.72. The number of hydrogen-bond acceptors (Lipinski definition) is 18. The first-order valence-corrected chi connectivity index (χ1v) is 16.4. The molecule has 0 aliphatic rings. The van der Waals surface area contributed by atoms with Gasteiger partial charge < -0.3 is 47.6 Å². The first-order chi connectivity index (χ1) is 26.2. The van der Waals surface area contributed by atoms with Crippen molar-refractivity contribution in [2.45, 2.75) is 25.4 Å². The second-order valence-corrected chi connectivity index (χ2v) is 12.1. The third kappa shape index (κ3) is 10.5. The third-order valence-corrected chi connectivity index (χ3v) is 7.97. The van der Waals surface area contributed by atoms with Crippen LogP contribution in [0.5, 0.6) is 0 Å². The summed E-state index contributed by atoms with van der Waals surface area (Å²) in [6.07, 6.45) is 5.45. The number of anilines is 4. The van der Waals surface area contributed by atoms with Crippen molar-refractivity contribution in [2.24, 2.45) is 0 Å². The standard InChI is InChI=1S/C20H22N8O5.C5H5N5OS.C5H4N4S.Pt/c1-28(9-11-8-23-17-15(24-11)16(21)26-20(22)27-17)12-4-2-10(3-5-12)18(31)25-13(19(32)33)6-7-14(29)30;6-5-8-3-2(4(11)9-5)7-1-10(3)12;10-5-3-4(7-1-6-3)8-2-9-5;/h2-5,8,13H,6-7,9H2,1H3,(H,25,31)(H,29,30)(H,32,33)(H4,21,22,23,26,27);1,12H,(H3,6,8,9,11);1-2H,(H2,6,7,8,9,10);/t13-;;;/m0.../s1. The zero-order valence-corrected chi connectivity index (χ0v) is 32.7. The molecule has 0 unspecified atom stereocenters. The smallest absolute Gasteiger partial charge is 0.326 e. The number of nitrogens with zero attached hydrogens (tertiary/aromatic N) is 10. The van der Waals surface area contributed by atoms with Gasteiger partial charge in [-0.05, 0) is 30.7 Å². The molecule has 294 valence electrons. The Labute approximate surface area is 338 Å². The maximum Gasteiger partial charge on any atom is 0.326 e. The number of rotatable bonds is 9. The number of fused-ring (bicyclic) bond motifs is 3. The van der Waals surface area contributed by atoms with Gasteiger partial charge in [0.1, 0.15) is 22.5 Å². The predicted molar refractivity (Wildman–Crippen MR) is 204 cm³/mol. The van der Waals surface area contributed by atoms with Gasteiger partial charge in [0.05, 0.1) is 31.1 Å². The summed E-state index contributed by atoms with van der Waals surface area (Å²) in [6.45, 7) is 0.370. The van der Waals surface area contributed by atoms with Gasteiger partial charge in [0, 0.05) is 45.8 Å². The quantitative estimate of drug-likeness (QED) is 0.0702. The van der Waals surface area contributed by atoms with Crippen LogP contribution in [0.3, 0.4) is 0 Å². The van der Waals surface area contributed by atoms with E-state index in [2.05, 4.69) is 73.0 Å². The molecular weight excluding hydrogens is 954 g/mol. The number of benzene rings is 1. The molecule has 1 atom stereocenters. The van der Waals surface area contributed by atoms with Crippen LogP contribution in [0, 0.1) is 4.64 Å². The van der Waals surface area contributed by atoms with Crippen molar-refractivity contribution in [2.75, 3.05) is 29.1 Å². The zero-order chi connectivity index (χ0) is 39.8. The Bertz CT molecular complexity index is 2630. The Kier molecular flexibility index (Phi) is 14.0. The van der Waals surface area contributed by atoms with Gasteiger partial charge in [-0.1, -0.05) is 25.0 Å². The number of amides is 1. The summed E-state index contributed by atoms with van der Waals surface area (Å²) in [7, 11) is 1.82. The zero-order valence-electron chi connectivity index (χ0n) is 28.7. The number of imidazole rings is 2. The molecule has 26 heteroatoms. The number of aromatic nitrogens is 12. The van der Waals surface area contributed by atoms with E-state index in [1.807, 2.05) is 11.9 Å². The van der Waals surface area contributed by atoms with E-state index >= 15 is 0 Å². The minimum atomic E-state index is -1.30. The number of thiol groups is 1. The number of carbonyl (C=O) groups is 3. The van der Waals surface area contributed by atoms with Crippen LogP contribution >= 0.6 is 25.0 Å². The molecule has 0 aliphatic heterocycles. The van der Waals surface area contributed by atoms with Gasteiger partial charge in [-0.25, -0.2) is 29.7 Å². The van der Waals surface area contributed by atoms with Crippen molar-refractivity contribution in [3.05, 3.63) is 75.7 Å². The van der Waals surface area contributed by atoms with Crippen molar-refractivity contribution in [1.29, 1.82) is 0 Å². The van der Waals surface area contributed by atoms with Gasteiger partial charge in [0.15, 0.2) is 33.8 Å². The number of hydrogen-bond donors (Lipinski definition) is 10. The van der Waals surface area contributed by atoms with Crippen molar-refractivity contribution in [3.63, 3.8) is 0 Å². The summed E-state index contributed by atoms with van der Waals surface area (Å²) >= 11 is 8.92. The fourth-order valence-corrected chi connectivity index (χ4v) is 5.11. The summed E-state index contributed by atoms with van der Waals surface area (Å²) in [5.41, 5.74) is 20.7. The first-order valence-electron chi connectivity index (χ1n) is 15.6. The predicted octanol–water partition coefficient (Wildman–Crippen LogP) is 0.676. The molecular formula is C30H31N17O6PtS2. The van der Waals surface area contributed by atoms with E-state index < -0.39 is 23.9 Å². The van der Waals surface area contributed by atoms with Crippen LogP contribution in [0.4, 0.5) is 23.4 Å². The molecule has 0 saturated carbocycles. The molecule has 12 N–H and O–H groups in total. The average molecular weight is 985 g/mol. The first kappa shape index (κ1) is 42.2. The Balaban J connectivity index is 0.000000243. The summed E-state index contributed by atoms with van der Waals surface area (Å²) < 4.78 is 1.98. The van der Waals surface area contributed by atoms with Crippen LogP contribution in [0.15, 0.2) is 54.2 Å². The normalized spacial score (nSPS) is 11.0. The Morgan fingerprint density at radius 2 is 1.66 bits per heavy atom. The second-order valence-electron chi connectivity index (χ2n) is 11.2. The van der Waals surface area contributed by atoms with E-state index in [-0.39, 0.29) is 68.3 Å². The Hall–Kier alpha value is -6.59. The van der Waals surface area contributed by atoms with Crippen LogP contribution in [0.25, 0.3) is 33.5 Å². The topological polar surface area (TPSA) is 357 Å². The molecule has 0 fully saturated rings. The number of aliphatic carboxylic acids is 2. The number of aromatic amines is 3. The van der Waals surface area contributed by atoms with E-state index in [0.717, 1.165) is 11.2 Å². The van der Waals surface area contributed by atoms with Crippen LogP contribution in [-0.4, -0.2) is 99.9 Å². The molecule has 0 bridgehead atoms. The molecule has 7 aromatic rings.